The van der Waals surface area contributed by atoms with Crippen LogP contribution in [0.15, 0.2) is 0 Å². The Morgan fingerprint density at radius 3 is 2.50 bits per heavy atom. The molecule has 0 saturated heterocycles. The number of rotatable bonds is 6. The molecule has 0 aliphatic carbocycles. The minimum absolute atomic E-state index is 0.395. The third-order valence-electron chi connectivity index (χ3n) is 1.50. The molecule has 74 valence electrons. The first-order chi connectivity index (χ1) is 5.57. The van der Waals surface area contributed by atoms with Gasteiger partial charge in [0.2, 0.25) is 0 Å². The molecule has 0 aliphatic rings. The molecule has 0 rings (SSSR count). The van der Waals surface area contributed by atoms with Crippen LogP contribution < -0.4 is 5.32 Å². The van der Waals surface area contributed by atoms with Crippen molar-refractivity contribution in [3.05, 3.63) is 0 Å². The molecule has 0 aromatic rings. The molecule has 12 heavy (non-hydrogen) atoms. The highest BCUT2D eigenvalue weighted by atomic mass is 32.2. The Morgan fingerprint density at radius 2 is 2.08 bits per heavy atom. The number of hydrogen-bond acceptors (Lipinski definition) is 2. The topological polar surface area (TPSA) is 29.1 Å². The summed E-state index contributed by atoms with van der Waals surface area (Å²) in [5.74, 6) is 1.04. The molecule has 2 unspecified atom stereocenters. The molecule has 0 radical (unpaired) electrons. The molecular weight excluding hydrogens is 184 g/mol. The van der Waals surface area contributed by atoms with Gasteiger partial charge in [0.05, 0.1) is 6.04 Å². The largest absolute Gasteiger partial charge is 0.308 e. The standard InChI is InChI=1S/C7H15F2NOS/c1-3-12(11)5-4-10-6(2)7(8)9/h6-7,10H,3-5H2,1-2H3. The highest BCUT2D eigenvalue weighted by Gasteiger charge is 2.12. The minimum atomic E-state index is -2.35. The quantitative estimate of drug-likeness (QED) is 0.691. The highest BCUT2D eigenvalue weighted by Crippen LogP contribution is 1.98. The van der Waals surface area contributed by atoms with Crippen LogP contribution in [0.25, 0.3) is 0 Å². The first-order valence-electron chi connectivity index (χ1n) is 3.94. The van der Waals surface area contributed by atoms with E-state index in [1.165, 1.54) is 6.92 Å². The summed E-state index contributed by atoms with van der Waals surface area (Å²) in [4.78, 5) is 0. The summed E-state index contributed by atoms with van der Waals surface area (Å²) in [6.07, 6.45) is -2.35. The lowest BCUT2D eigenvalue weighted by Crippen LogP contribution is -2.35. The fourth-order valence-corrected chi connectivity index (χ4v) is 1.27. The van der Waals surface area contributed by atoms with Crippen LogP contribution in [0.2, 0.25) is 0 Å². The zero-order valence-electron chi connectivity index (χ0n) is 7.35. The van der Waals surface area contributed by atoms with Crippen molar-refractivity contribution in [2.24, 2.45) is 0 Å². The number of hydrogen-bond donors (Lipinski definition) is 1. The Kier molecular flexibility index (Phi) is 6.47. The summed E-state index contributed by atoms with van der Waals surface area (Å²) in [6.45, 7) is 3.62. The van der Waals surface area contributed by atoms with E-state index < -0.39 is 23.3 Å². The average molecular weight is 199 g/mol. The first kappa shape index (κ1) is 12.0. The maximum atomic E-state index is 11.9. The van der Waals surface area contributed by atoms with Gasteiger partial charge in [0.15, 0.2) is 0 Å². The van der Waals surface area contributed by atoms with Crippen LogP contribution in [0, 0.1) is 0 Å². The molecule has 0 spiro atoms. The maximum Gasteiger partial charge on any atom is 0.253 e. The van der Waals surface area contributed by atoms with Crippen LogP contribution in [0.3, 0.4) is 0 Å². The van der Waals surface area contributed by atoms with E-state index in [1.807, 2.05) is 6.92 Å². The maximum absolute atomic E-state index is 11.9. The Labute approximate surface area is 74.2 Å². The second kappa shape index (κ2) is 6.48. The van der Waals surface area contributed by atoms with Crippen LogP contribution in [0.5, 0.6) is 0 Å². The average Bonchev–Trinajstić information content (AvgIpc) is 2.03. The van der Waals surface area contributed by atoms with Crippen molar-refractivity contribution >= 4 is 10.8 Å². The molecule has 2 nitrogen and oxygen atoms in total. The van der Waals surface area contributed by atoms with Gasteiger partial charge in [-0.25, -0.2) is 8.78 Å². The molecule has 2 atom stereocenters. The van der Waals surface area contributed by atoms with E-state index in [2.05, 4.69) is 5.32 Å². The molecule has 0 saturated carbocycles. The van der Waals surface area contributed by atoms with Gasteiger partial charge in [-0.1, -0.05) is 6.92 Å². The lowest BCUT2D eigenvalue weighted by Gasteiger charge is -2.11. The lowest BCUT2D eigenvalue weighted by molar-refractivity contribution is 0.107. The Balaban J connectivity index is 3.37. The van der Waals surface area contributed by atoms with Crippen molar-refractivity contribution in [3.63, 3.8) is 0 Å². The monoisotopic (exact) mass is 199 g/mol. The van der Waals surface area contributed by atoms with Gasteiger partial charge in [0.25, 0.3) is 6.43 Å². The summed E-state index contributed by atoms with van der Waals surface area (Å²) < 4.78 is 34.6. The smallest absolute Gasteiger partial charge is 0.253 e. The van der Waals surface area contributed by atoms with Crippen molar-refractivity contribution in [2.75, 3.05) is 18.1 Å². The Morgan fingerprint density at radius 1 is 1.50 bits per heavy atom. The van der Waals surface area contributed by atoms with Gasteiger partial charge in [-0.15, -0.1) is 0 Å². The molecule has 0 aromatic carbocycles. The fourth-order valence-electron chi connectivity index (χ4n) is 0.634. The third kappa shape index (κ3) is 5.60. The molecule has 1 N–H and O–H groups in total. The van der Waals surface area contributed by atoms with Crippen LogP contribution in [-0.4, -0.2) is 34.7 Å². The van der Waals surface area contributed by atoms with E-state index >= 15 is 0 Å². The van der Waals surface area contributed by atoms with E-state index in [1.54, 1.807) is 0 Å². The number of halogens is 2. The zero-order valence-corrected chi connectivity index (χ0v) is 8.16. The van der Waals surface area contributed by atoms with E-state index in [-0.39, 0.29) is 0 Å². The first-order valence-corrected chi connectivity index (χ1v) is 5.43. The summed E-state index contributed by atoms with van der Waals surface area (Å²) in [7, 11) is -0.864. The second-order valence-electron chi connectivity index (χ2n) is 2.51. The van der Waals surface area contributed by atoms with Gasteiger partial charge in [-0.3, -0.25) is 4.21 Å². The van der Waals surface area contributed by atoms with Gasteiger partial charge >= 0.3 is 0 Å². The van der Waals surface area contributed by atoms with Crippen molar-refractivity contribution in [1.82, 2.24) is 5.32 Å². The van der Waals surface area contributed by atoms with Crippen molar-refractivity contribution < 1.29 is 13.0 Å². The lowest BCUT2D eigenvalue weighted by atomic mass is 10.3. The molecule has 0 fully saturated rings. The molecule has 0 amide bonds. The molecular formula is C7H15F2NOS. The molecule has 0 aliphatic heterocycles. The van der Waals surface area contributed by atoms with Crippen LogP contribution >= 0.6 is 0 Å². The predicted molar refractivity (Wildman–Crippen MR) is 47.0 cm³/mol. The fraction of sp³-hybridized carbons (Fsp3) is 1.00. The highest BCUT2D eigenvalue weighted by molar-refractivity contribution is 7.84. The van der Waals surface area contributed by atoms with E-state index in [0.717, 1.165) is 0 Å². The Hall–Kier alpha value is -0.0300. The minimum Gasteiger partial charge on any atom is -0.308 e. The van der Waals surface area contributed by atoms with Crippen LogP contribution in [0.4, 0.5) is 8.78 Å². The van der Waals surface area contributed by atoms with E-state index in [4.69, 9.17) is 0 Å². The van der Waals surface area contributed by atoms with Crippen molar-refractivity contribution in [3.8, 4) is 0 Å². The van der Waals surface area contributed by atoms with Crippen LogP contribution in [-0.2, 0) is 10.8 Å². The van der Waals surface area contributed by atoms with Gasteiger partial charge in [-0.05, 0) is 6.92 Å². The van der Waals surface area contributed by atoms with Crippen molar-refractivity contribution in [2.45, 2.75) is 26.3 Å². The van der Waals surface area contributed by atoms with Crippen LogP contribution in [0.1, 0.15) is 13.8 Å². The number of alkyl halides is 2. The SMILES string of the molecule is CCS(=O)CCNC(C)C(F)F. The summed E-state index contributed by atoms with van der Waals surface area (Å²) >= 11 is 0. The molecule has 5 heteroatoms. The summed E-state index contributed by atoms with van der Waals surface area (Å²) in [6, 6.07) is -0.807. The zero-order chi connectivity index (χ0) is 9.56. The van der Waals surface area contributed by atoms with Gasteiger partial charge in [0.1, 0.15) is 0 Å². The summed E-state index contributed by atoms with van der Waals surface area (Å²) in [5, 5.41) is 2.60. The van der Waals surface area contributed by atoms with Gasteiger partial charge in [-0.2, -0.15) is 0 Å². The normalized spacial score (nSPS) is 16.4. The van der Waals surface area contributed by atoms with E-state index in [9.17, 15) is 13.0 Å². The van der Waals surface area contributed by atoms with E-state index in [0.29, 0.717) is 18.1 Å². The molecule has 0 aromatic heterocycles. The third-order valence-corrected chi connectivity index (χ3v) is 2.80. The molecule has 0 bridgehead atoms. The predicted octanol–water partition coefficient (Wildman–Crippen LogP) is 0.998. The van der Waals surface area contributed by atoms with Crippen molar-refractivity contribution in [1.29, 1.82) is 0 Å². The Bertz CT molecular complexity index is 143. The van der Waals surface area contributed by atoms with Gasteiger partial charge < -0.3 is 5.32 Å². The molecule has 0 heterocycles. The second-order valence-corrected chi connectivity index (χ2v) is 4.38. The van der Waals surface area contributed by atoms with Gasteiger partial charge in [0, 0.05) is 28.9 Å². The summed E-state index contributed by atoms with van der Waals surface area (Å²) in [5.41, 5.74) is 0. The number of nitrogens with one attached hydrogen (secondary N) is 1.